The van der Waals surface area contributed by atoms with E-state index in [1.54, 1.807) is 11.8 Å². The minimum Gasteiger partial charge on any atom is -0.392 e. The highest BCUT2D eigenvalue weighted by molar-refractivity contribution is 8.00. The van der Waals surface area contributed by atoms with E-state index in [0.717, 1.165) is 5.75 Å². The Morgan fingerprint density at radius 3 is 2.11 bits per heavy atom. The van der Waals surface area contributed by atoms with Crippen LogP contribution in [0.5, 0.6) is 0 Å². The van der Waals surface area contributed by atoms with Crippen molar-refractivity contribution in [3.8, 4) is 0 Å². The van der Waals surface area contributed by atoms with Gasteiger partial charge in [0, 0.05) is 12.0 Å². The molecule has 0 aliphatic rings. The summed E-state index contributed by atoms with van der Waals surface area (Å²) in [6.07, 6.45) is -0.413. The second kappa shape index (κ2) is 8.15. The number of thioether (sulfide) groups is 1. The summed E-state index contributed by atoms with van der Waals surface area (Å²) in [4.78, 5) is 12.2. The standard InChI is InChI=1S/C15H31NO2S/c1-8-19-12(10(2)3)14(18)16-9-15(6,7)13(17)11(4)5/h10-13,17H,8-9H2,1-7H3,(H,16,18). The fraction of sp³-hybridized carbons (Fsp3) is 0.933. The second-order valence-electron chi connectivity index (χ2n) is 6.52. The fourth-order valence-corrected chi connectivity index (χ4v) is 3.15. The van der Waals surface area contributed by atoms with E-state index in [9.17, 15) is 9.90 Å². The van der Waals surface area contributed by atoms with E-state index in [0.29, 0.717) is 12.5 Å². The lowest BCUT2D eigenvalue weighted by Crippen LogP contribution is -2.46. The topological polar surface area (TPSA) is 49.3 Å². The summed E-state index contributed by atoms with van der Waals surface area (Å²) in [7, 11) is 0. The van der Waals surface area contributed by atoms with Crippen LogP contribution in [0.15, 0.2) is 0 Å². The molecule has 1 amide bonds. The summed E-state index contributed by atoms with van der Waals surface area (Å²) in [5.74, 6) is 1.54. The number of carbonyl (C=O) groups is 1. The average molecular weight is 289 g/mol. The van der Waals surface area contributed by atoms with Crippen molar-refractivity contribution in [1.82, 2.24) is 5.32 Å². The van der Waals surface area contributed by atoms with E-state index >= 15 is 0 Å². The molecule has 2 unspecified atom stereocenters. The molecule has 0 spiro atoms. The zero-order valence-electron chi connectivity index (χ0n) is 13.5. The summed E-state index contributed by atoms with van der Waals surface area (Å²) in [6.45, 7) is 14.7. The highest BCUT2D eigenvalue weighted by Crippen LogP contribution is 2.26. The maximum atomic E-state index is 12.2. The summed E-state index contributed by atoms with van der Waals surface area (Å²) in [5, 5.41) is 13.2. The molecule has 3 nitrogen and oxygen atoms in total. The zero-order chi connectivity index (χ0) is 15.2. The molecule has 0 saturated carbocycles. The van der Waals surface area contributed by atoms with Gasteiger partial charge in [0.25, 0.3) is 0 Å². The Morgan fingerprint density at radius 1 is 1.21 bits per heavy atom. The van der Waals surface area contributed by atoms with Crippen molar-refractivity contribution in [3.63, 3.8) is 0 Å². The fourth-order valence-electron chi connectivity index (χ4n) is 2.17. The molecule has 0 aliphatic carbocycles. The summed E-state index contributed by atoms with van der Waals surface area (Å²) in [6, 6.07) is 0. The first-order valence-electron chi connectivity index (χ1n) is 7.20. The molecule has 0 bridgehead atoms. The van der Waals surface area contributed by atoms with E-state index in [2.05, 4.69) is 26.1 Å². The summed E-state index contributed by atoms with van der Waals surface area (Å²) < 4.78 is 0. The maximum Gasteiger partial charge on any atom is 0.233 e. The molecule has 4 heteroatoms. The molecule has 0 aromatic heterocycles. The van der Waals surface area contributed by atoms with Gasteiger partial charge in [-0.3, -0.25) is 4.79 Å². The van der Waals surface area contributed by atoms with Crippen molar-refractivity contribution in [2.24, 2.45) is 17.3 Å². The highest BCUT2D eigenvalue weighted by Gasteiger charge is 2.31. The quantitative estimate of drug-likeness (QED) is 0.722. The highest BCUT2D eigenvalue weighted by atomic mass is 32.2. The molecule has 0 aliphatic heterocycles. The predicted molar refractivity (Wildman–Crippen MR) is 84.4 cm³/mol. The molecular formula is C15H31NO2S. The number of aliphatic hydroxyl groups excluding tert-OH is 1. The van der Waals surface area contributed by atoms with Crippen LogP contribution in [0.2, 0.25) is 0 Å². The Morgan fingerprint density at radius 2 is 1.74 bits per heavy atom. The number of nitrogens with one attached hydrogen (secondary N) is 1. The first kappa shape index (κ1) is 18.8. The monoisotopic (exact) mass is 289 g/mol. The van der Waals surface area contributed by atoms with Crippen LogP contribution in [0, 0.1) is 17.3 Å². The summed E-state index contributed by atoms with van der Waals surface area (Å²) >= 11 is 1.68. The van der Waals surface area contributed by atoms with Gasteiger partial charge < -0.3 is 10.4 Å². The van der Waals surface area contributed by atoms with E-state index in [1.807, 2.05) is 27.7 Å². The van der Waals surface area contributed by atoms with Crippen LogP contribution in [0.4, 0.5) is 0 Å². The first-order chi connectivity index (χ1) is 8.63. The first-order valence-corrected chi connectivity index (χ1v) is 8.25. The molecule has 0 rings (SSSR count). The SMILES string of the molecule is CCSC(C(=O)NCC(C)(C)C(O)C(C)C)C(C)C. The van der Waals surface area contributed by atoms with Crippen molar-refractivity contribution >= 4 is 17.7 Å². The minimum absolute atomic E-state index is 0.00278. The van der Waals surface area contributed by atoms with Gasteiger partial charge in [-0.2, -0.15) is 0 Å². The van der Waals surface area contributed by atoms with Crippen LogP contribution in [-0.2, 0) is 4.79 Å². The molecule has 0 heterocycles. The predicted octanol–water partition coefficient (Wildman–Crippen LogP) is 2.92. The third kappa shape index (κ3) is 6.17. The summed E-state index contributed by atoms with van der Waals surface area (Å²) in [5.41, 5.74) is -0.303. The van der Waals surface area contributed by atoms with Crippen molar-refractivity contribution < 1.29 is 9.90 Å². The molecule has 0 aromatic rings. The van der Waals surface area contributed by atoms with Crippen LogP contribution in [0.3, 0.4) is 0 Å². The average Bonchev–Trinajstić information content (AvgIpc) is 2.31. The van der Waals surface area contributed by atoms with Crippen LogP contribution in [0.1, 0.15) is 48.5 Å². The molecular weight excluding hydrogens is 258 g/mol. The van der Waals surface area contributed by atoms with Gasteiger partial charge in [0.1, 0.15) is 0 Å². The molecule has 0 saturated heterocycles. The van der Waals surface area contributed by atoms with Crippen molar-refractivity contribution in [2.45, 2.75) is 59.8 Å². The number of hydrogen-bond acceptors (Lipinski definition) is 3. The Kier molecular flexibility index (Phi) is 8.06. The lowest BCUT2D eigenvalue weighted by molar-refractivity contribution is -0.122. The third-order valence-electron chi connectivity index (χ3n) is 3.36. The number of rotatable bonds is 8. The maximum absolute atomic E-state index is 12.2. The van der Waals surface area contributed by atoms with Gasteiger partial charge >= 0.3 is 0 Å². The van der Waals surface area contributed by atoms with E-state index in [4.69, 9.17) is 0 Å². The Bertz CT molecular complexity index is 277. The zero-order valence-corrected chi connectivity index (χ0v) is 14.3. The Labute approximate surface area is 122 Å². The van der Waals surface area contributed by atoms with Gasteiger partial charge in [0.2, 0.25) is 5.91 Å². The van der Waals surface area contributed by atoms with E-state index in [1.165, 1.54) is 0 Å². The second-order valence-corrected chi connectivity index (χ2v) is 7.93. The van der Waals surface area contributed by atoms with Gasteiger partial charge in [-0.25, -0.2) is 0 Å². The van der Waals surface area contributed by atoms with Gasteiger partial charge in [0.05, 0.1) is 11.4 Å². The van der Waals surface area contributed by atoms with Crippen LogP contribution < -0.4 is 5.32 Å². The molecule has 0 radical (unpaired) electrons. The van der Waals surface area contributed by atoms with Crippen LogP contribution in [0.25, 0.3) is 0 Å². The third-order valence-corrected chi connectivity index (χ3v) is 4.81. The van der Waals surface area contributed by atoms with Gasteiger partial charge in [-0.1, -0.05) is 48.5 Å². The van der Waals surface area contributed by atoms with Gasteiger partial charge in [0.15, 0.2) is 0 Å². The minimum atomic E-state index is -0.413. The van der Waals surface area contributed by atoms with Crippen molar-refractivity contribution in [2.75, 3.05) is 12.3 Å². The lowest BCUT2D eigenvalue weighted by Gasteiger charge is -2.34. The molecule has 114 valence electrons. The van der Waals surface area contributed by atoms with Crippen molar-refractivity contribution in [1.29, 1.82) is 0 Å². The van der Waals surface area contributed by atoms with E-state index < -0.39 is 6.10 Å². The molecule has 2 N–H and O–H groups in total. The molecule has 19 heavy (non-hydrogen) atoms. The van der Waals surface area contributed by atoms with Crippen LogP contribution in [-0.4, -0.2) is 34.7 Å². The number of carbonyl (C=O) groups excluding carboxylic acids is 1. The molecule has 2 atom stereocenters. The lowest BCUT2D eigenvalue weighted by atomic mass is 9.80. The Hall–Kier alpha value is -0.220. The van der Waals surface area contributed by atoms with Crippen molar-refractivity contribution in [3.05, 3.63) is 0 Å². The van der Waals surface area contributed by atoms with E-state index in [-0.39, 0.29) is 22.5 Å². The largest absolute Gasteiger partial charge is 0.392 e. The smallest absolute Gasteiger partial charge is 0.233 e. The van der Waals surface area contributed by atoms with Gasteiger partial charge in [-0.15, -0.1) is 11.8 Å². The Balaban J connectivity index is 4.49. The molecule has 0 fully saturated rings. The molecule has 0 aromatic carbocycles. The van der Waals surface area contributed by atoms with Crippen LogP contribution >= 0.6 is 11.8 Å². The normalized spacial score (nSPS) is 15.7. The van der Waals surface area contributed by atoms with Gasteiger partial charge in [-0.05, 0) is 17.6 Å². The number of aliphatic hydroxyl groups is 1. The number of hydrogen-bond donors (Lipinski definition) is 2. The number of amides is 1.